The first-order valence-electron chi connectivity index (χ1n) is 8.48. The van der Waals surface area contributed by atoms with Gasteiger partial charge in [0.2, 0.25) is 5.91 Å². The van der Waals surface area contributed by atoms with Crippen molar-refractivity contribution in [2.45, 2.75) is 13.3 Å². The average Bonchev–Trinajstić information content (AvgIpc) is 3.10. The van der Waals surface area contributed by atoms with Gasteiger partial charge in [0, 0.05) is 0 Å². The van der Waals surface area contributed by atoms with E-state index >= 15 is 0 Å². The highest BCUT2D eigenvalue weighted by Crippen LogP contribution is 2.14. The van der Waals surface area contributed by atoms with Crippen LogP contribution in [0.3, 0.4) is 0 Å². The fourth-order valence-corrected chi connectivity index (χ4v) is 2.82. The number of fused-ring (bicyclic) bond motifs is 1. The predicted molar refractivity (Wildman–Crippen MR) is 102 cm³/mol. The molecule has 4 aromatic rings. The highest BCUT2D eigenvalue weighted by molar-refractivity contribution is 5.86. The molecule has 0 saturated heterocycles. The predicted octanol–water partition coefficient (Wildman–Crippen LogP) is 2.20. The van der Waals surface area contributed by atoms with Gasteiger partial charge in [-0.05, 0) is 24.6 Å². The second-order valence-corrected chi connectivity index (χ2v) is 6.25. The zero-order chi connectivity index (χ0) is 18.8. The van der Waals surface area contributed by atoms with Crippen LogP contribution >= 0.6 is 0 Å². The Bertz CT molecular complexity index is 1160. The Morgan fingerprint density at radius 3 is 2.56 bits per heavy atom. The van der Waals surface area contributed by atoms with Gasteiger partial charge >= 0.3 is 0 Å². The molecule has 0 saturated carbocycles. The van der Waals surface area contributed by atoms with E-state index in [2.05, 4.69) is 15.5 Å². The van der Waals surface area contributed by atoms with Gasteiger partial charge in [0.1, 0.15) is 11.7 Å². The second-order valence-electron chi connectivity index (χ2n) is 6.25. The van der Waals surface area contributed by atoms with Crippen LogP contribution in [0, 0.1) is 6.92 Å². The zero-order valence-electron chi connectivity index (χ0n) is 14.7. The van der Waals surface area contributed by atoms with Crippen LogP contribution in [0.25, 0.3) is 16.7 Å². The van der Waals surface area contributed by atoms with Crippen molar-refractivity contribution in [1.82, 2.24) is 19.4 Å². The minimum atomic E-state index is -0.375. The van der Waals surface area contributed by atoms with Gasteiger partial charge in [-0.1, -0.05) is 48.0 Å². The van der Waals surface area contributed by atoms with Gasteiger partial charge in [-0.3, -0.25) is 15.0 Å². The lowest BCUT2D eigenvalue weighted by atomic mass is 10.1. The SMILES string of the molecule is Cc1ccc(-n2ncc3c(=O)n(NC(=O)Cc4ccccc4)cnc32)cc1. The van der Waals surface area contributed by atoms with E-state index in [0.29, 0.717) is 11.0 Å². The van der Waals surface area contributed by atoms with E-state index in [1.165, 1.54) is 12.5 Å². The molecule has 0 spiro atoms. The van der Waals surface area contributed by atoms with Crippen molar-refractivity contribution in [3.63, 3.8) is 0 Å². The van der Waals surface area contributed by atoms with Crippen LogP contribution in [-0.4, -0.2) is 25.3 Å². The number of rotatable bonds is 4. The summed E-state index contributed by atoms with van der Waals surface area (Å²) >= 11 is 0. The van der Waals surface area contributed by atoms with Crippen LogP contribution in [0.1, 0.15) is 11.1 Å². The van der Waals surface area contributed by atoms with Gasteiger partial charge < -0.3 is 0 Å². The van der Waals surface area contributed by atoms with Crippen LogP contribution in [-0.2, 0) is 11.2 Å². The summed E-state index contributed by atoms with van der Waals surface area (Å²) in [4.78, 5) is 29.2. The van der Waals surface area contributed by atoms with Crippen molar-refractivity contribution >= 4 is 16.9 Å². The summed E-state index contributed by atoms with van der Waals surface area (Å²) in [6.45, 7) is 2.00. The molecule has 0 fully saturated rings. The van der Waals surface area contributed by atoms with E-state index in [-0.39, 0.29) is 17.9 Å². The number of amides is 1. The molecule has 0 aliphatic carbocycles. The number of benzene rings is 2. The van der Waals surface area contributed by atoms with Crippen molar-refractivity contribution < 1.29 is 4.79 Å². The minimum absolute atomic E-state index is 0.175. The number of aromatic nitrogens is 4. The van der Waals surface area contributed by atoms with Crippen LogP contribution in [0.15, 0.2) is 71.9 Å². The Balaban J connectivity index is 1.62. The molecule has 134 valence electrons. The van der Waals surface area contributed by atoms with E-state index in [1.807, 2.05) is 61.5 Å². The van der Waals surface area contributed by atoms with Gasteiger partial charge in [0.15, 0.2) is 5.65 Å². The standard InChI is InChI=1S/C20H17N5O2/c1-14-7-9-16(10-8-14)25-19-17(12-22-25)20(27)24(13-21-19)23-18(26)11-15-5-3-2-4-6-15/h2-10,12-13H,11H2,1H3,(H,23,26). The smallest absolute Gasteiger partial charge is 0.273 e. The molecule has 2 aromatic carbocycles. The van der Waals surface area contributed by atoms with Gasteiger partial charge in [0.25, 0.3) is 5.56 Å². The quantitative estimate of drug-likeness (QED) is 0.606. The molecule has 0 aliphatic rings. The Labute approximate surface area is 154 Å². The first-order valence-corrected chi connectivity index (χ1v) is 8.48. The summed E-state index contributed by atoms with van der Waals surface area (Å²) in [6.07, 6.45) is 2.94. The summed E-state index contributed by atoms with van der Waals surface area (Å²) in [5.74, 6) is -0.296. The topological polar surface area (TPSA) is 81.8 Å². The zero-order valence-corrected chi connectivity index (χ0v) is 14.7. The van der Waals surface area contributed by atoms with E-state index in [0.717, 1.165) is 21.5 Å². The van der Waals surface area contributed by atoms with Crippen LogP contribution in [0.4, 0.5) is 0 Å². The molecule has 0 unspecified atom stereocenters. The lowest BCUT2D eigenvalue weighted by Crippen LogP contribution is -2.34. The normalized spacial score (nSPS) is 10.9. The first kappa shape index (κ1) is 16.7. The van der Waals surface area contributed by atoms with Crippen molar-refractivity contribution in [2.75, 3.05) is 5.43 Å². The number of nitrogens with one attached hydrogen (secondary N) is 1. The van der Waals surface area contributed by atoms with Crippen molar-refractivity contribution in [2.24, 2.45) is 0 Å². The molecule has 7 nitrogen and oxygen atoms in total. The molecule has 0 radical (unpaired) electrons. The van der Waals surface area contributed by atoms with Crippen LogP contribution in [0.2, 0.25) is 0 Å². The van der Waals surface area contributed by atoms with Gasteiger partial charge in [-0.25, -0.2) is 14.3 Å². The van der Waals surface area contributed by atoms with E-state index in [1.54, 1.807) is 4.68 Å². The Hall–Kier alpha value is -3.74. The van der Waals surface area contributed by atoms with E-state index in [9.17, 15) is 9.59 Å². The molecule has 0 bridgehead atoms. The van der Waals surface area contributed by atoms with Crippen LogP contribution < -0.4 is 11.0 Å². The number of carbonyl (C=O) groups excluding carboxylic acids is 1. The molecule has 1 N–H and O–H groups in total. The minimum Gasteiger partial charge on any atom is -0.273 e. The van der Waals surface area contributed by atoms with Crippen molar-refractivity contribution in [1.29, 1.82) is 0 Å². The third-order valence-electron chi connectivity index (χ3n) is 4.22. The molecule has 0 atom stereocenters. The molecule has 4 rings (SSSR count). The molecule has 7 heteroatoms. The van der Waals surface area contributed by atoms with Gasteiger partial charge in [-0.2, -0.15) is 5.10 Å². The molecule has 27 heavy (non-hydrogen) atoms. The third-order valence-corrected chi connectivity index (χ3v) is 4.22. The summed E-state index contributed by atoms with van der Waals surface area (Å²) in [6, 6.07) is 17.1. The molecular weight excluding hydrogens is 342 g/mol. The maximum absolute atomic E-state index is 12.7. The maximum Gasteiger partial charge on any atom is 0.283 e. The summed E-state index contributed by atoms with van der Waals surface area (Å²) in [5, 5.41) is 4.60. The maximum atomic E-state index is 12.7. The Morgan fingerprint density at radius 1 is 1.07 bits per heavy atom. The second kappa shape index (κ2) is 6.87. The largest absolute Gasteiger partial charge is 0.283 e. The fraction of sp³-hybridized carbons (Fsp3) is 0.100. The van der Waals surface area contributed by atoms with Gasteiger partial charge in [-0.15, -0.1) is 0 Å². The van der Waals surface area contributed by atoms with E-state index < -0.39 is 0 Å². The third kappa shape index (κ3) is 3.35. The lowest BCUT2D eigenvalue weighted by Gasteiger charge is -2.08. The fourth-order valence-electron chi connectivity index (χ4n) is 2.82. The van der Waals surface area contributed by atoms with Crippen molar-refractivity contribution in [3.05, 3.63) is 88.6 Å². The van der Waals surface area contributed by atoms with Crippen LogP contribution in [0.5, 0.6) is 0 Å². The van der Waals surface area contributed by atoms with Gasteiger partial charge in [0.05, 0.1) is 18.3 Å². The average molecular weight is 359 g/mol. The Morgan fingerprint density at radius 2 is 1.81 bits per heavy atom. The monoisotopic (exact) mass is 359 g/mol. The highest BCUT2D eigenvalue weighted by Gasteiger charge is 2.13. The van der Waals surface area contributed by atoms with Crippen molar-refractivity contribution in [3.8, 4) is 5.69 Å². The van der Waals surface area contributed by atoms with E-state index in [4.69, 9.17) is 0 Å². The summed E-state index contributed by atoms with van der Waals surface area (Å²) in [7, 11) is 0. The number of carbonyl (C=O) groups is 1. The number of nitrogens with zero attached hydrogens (tertiary/aromatic N) is 4. The molecule has 0 aliphatic heterocycles. The summed E-state index contributed by atoms with van der Waals surface area (Å²) < 4.78 is 2.70. The highest BCUT2D eigenvalue weighted by atomic mass is 16.2. The first-order chi connectivity index (χ1) is 13.1. The number of aryl methyl sites for hydroxylation is 1. The molecule has 1 amide bonds. The Kier molecular flexibility index (Phi) is 4.25. The lowest BCUT2D eigenvalue weighted by molar-refractivity contribution is -0.116. The molecular formula is C20H17N5O2. The molecule has 2 heterocycles. The molecule has 2 aromatic heterocycles. The summed E-state index contributed by atoms with van der Waals surface area (Å²) in [5.41, 5.74) is 5.45. The number of hydrogen-bond donors (Lipinski definition) is 1. The number of hydrogen-bond acceptors (Lipinski definition) is 4.